The molecule has 0 saturated heterocycles. The molecule has 1 aliphatic carbocycles. The fourth-order valence-electron chi connectivity index (χ4n) is 3.00. The smallest absolute Gasteiger partial charge is 0.475 e. The van der Waals surface area contributed by atoms with Crippen LogP contribution >= 0.6 is 0 Å². The lowest BCUT2D eigenvalue weighted by Gasteiger charge is -2.30. The Hall–Kier alpha value is -2.58. The molecule has 2 heterocycles. The number of imidazole rings is 1. The summed E-state index contributed by atoms with van der Waals surface area (Å²) in [6.45, 7) is 2.03. The Bertz CT molecular complexity index is 811. The molecule has 148 valence electrons. The van der Waals surface area contributed by atoms with Gasteiger partial charge in [0.1, 0.15) is 11.3 Å². The van der Waals surface area contributed by atoms with Crippen LogP contribution in [0.1, 0.15) is 48.2 Å². The van der Waals surface area contributed by atoms with Crippen LogP contribution in [-0.2, 0) is 4.79 Å². The number of carboxylic acid groups (broad SMARTS) is 1. The number of pyridine rings is 1. The number of fused-ring (bicyclic) bond motifs is 1. The van der Waals surface area contributed by atoms with Gasteiger partial charge in [0, 0.05) is 25.5 Å². The molecule has 1 saturated carbocycles. The Morgan fingerprint density at radius 2 is 1.85 bits per heavy atom. The van der Waals surface area contributed by atoms with E-state index in [0.717, 1.165) is 24.1 Å². The van der Waals surface area contributed by atoms with Crippen LogP contribution in [0, 0.1) is 6.92 Å². The van der Waals surface area contributed by atoms with E-state index in [0.29, 0.717) is 11.7 Å². The van der Waals surface area contributed by atoms with Crippen molar-refractivity contribution < 1.29 is 27.9 Å². The third-order valence-corrected chi connectivity index (χ3v) is 4.52. The summed E-state index contributed by atoms with van der Waals surface area (Å²) in [5.41, 5.74) is 2.54. The topological polar surface area (TPSA) is 74.9 Å². The average molecular weight is 385 g/mol. The van der Waals surface area contributed by atoms with Crippen LogP contribution in [-0.4, -0.2) is 50.5 Å². The number of aliphatic carboxylic acids is 1. The van der Waals surface area contributed by atoms with Gasteiger partial charge in [-0.3, -0.25) is 4.79 Å². The van der Waals surface area contributed by atoms with Crippen molar-refractivity contribution in [2.75, 3.05) is 7.05 Å². The molecule has 0 aliphatic heterocycles. The summed E-state index contributed by atoms with van der Waals surface area (Å²) in [5, 5.41) is 7.12. The maximum absolute atomic E-state index is 12.5. The Balaban J connectivity index is 0.000000321. The Labute approximate surface area is 154 Å². The van der Waals surface area contributed by atoms with Gasteiger partial charge in [-0.1, -0.05) is 19.3 Å². The highest BCUT2D eigenvalue weighted by Crippen LogP contribution is 2.23. The van der Waals surface area contributed by atoms with Crippen LogP contribution in [0.3, 0.4) is 0 Å². The van der Waals surface area contributed by atoms with Crippen LogP contribution in [0.4, 0.5) is 13.2 Å². The summed E-state index contributed by atoms with van der Waals surface area (Å²) < 4.78 is 33.6. The van der Waals surface area contributed by atoms with E-state index in [9.17, 15) is 18.0 Å². The highest BCUT2D eigenvalue weighted by atomic mass is 19.4. The molecule has 3 rings (SSSR count). The zero-order chi connectivity index (χ0) is 20.2. The molecule has 0 spiro atoms. The maximum atomic E-state index is 12.5. The third kappa shape index (κ3) is 5.45. The van der Waals surface area contributed by atoms with Crippen LogP contribution in [0.2, 0.25) is 0 Å². The minimum Gasteiger partial charge on any atom is -0.475 e. The van der Waals surface area contributed by atoms with Gasteiger partial charge >= 0.3 is 12.1 Å². The fraction of sp³-hybridized carbons (Fsp3) is 0.500. The normalized spacial score (nSPS) is 15.1. The lowest BCUT2D eigenvalue weighted by atomic mass is 9.94. The number of carbonyl (C=O) groups is 2. The summed E-state index contributed by atoms with van der Waals surface area (Å²) >= 11 is 0. The Morgan fingerprint density at radius 1 is 1.26 bits per heavy atom. The van der Waals surface area contributed by atoms with Crippen LogP contribution in [0.15, 0.2) is 24.5 Å². The van der Waals surface area contributed by atoms with Gasteiger partial charge in [-0.25, -0.2) is 9.78 Å². The first kappa shape index (κ1) is 20.7. The number of alkyl halides is 3. The van der Waals surface area contributed by atoms with Crippen molar-refractivity contribution in [1.29, 1.82) is 0 Å². The molecular weight excluding hydrogens is 363 g/mol. The lowest BCUT2D eigenvalue weighted by Crippen LogP contribution is -2.38. The fourth-order valence-corrected chi connectivity index (χ4v) is 3.00. The van der Waals surface area contributed by atoms with E-state index in [1.54, 1.807) is 0 Å². The number of amides is 1. The molecule has 2 aromatic heterocycles. The molecule has 0 aromatic carbocycles. The zero-order valence-corrected chi connectivity index (χ0v) is 15.2. The molecule has 0 atom stereocenters. The minimum absolute atomic E-state index is 0.0400. The quantitative estimate of drug-likeness (QED) is 0.856. The van der Waals surface area contributed by atoms with E-state index in [1.807, 2.05) is 47.8 Å². The molecule has 0 unspecified atom stereocenters. The molecule has 1 fully saturated rings. The summed E-state index contributed by atoms with van der Waals surface area (Å²) in [5.74, 6) is -2.72. The minimum atomic E-state index is -5.08. The van der Waals surface area contributed by atoms with E-state index in [1.165, 1.54) is 19.3 Å². The zero-order valence-electron chi connectivity index (χ0n) is 15.2. The first-order valence-electron chi connectivity index (χ1n) is 8.62. The van der Waals surface area contributed by atoms with E-state index >= 15 is 0 Å². The first-order chi connectivity index (χ1) is 12.6. The molecular formula is C18H22F3N3O3. The van der Waals surface area contributed by atoms with Crippen molar-refractivity contribution in [3.05, 3.63) is 35.8 Å². The number of carbonyl (C=O) groups excluding carboxylic acids is 1. The van der Waals surface area contributed by atoms with Crippen molar-refractivity contribution >= 4 is 17.5 Å². The van der Waals surface area contributed by atoms with Crippen LogP contribution < -0.4 is 0 Å². The van der Waals surface area contributed by atoms with Crippen molar-refractivity contribution in [1.82, 2.24) is 14.3 Å². The second-order valence-electron chi connectivity index (χ2n) is 6.61. The van der Waals surface area contributed by atoms with E-state index in [2.05, 4.69) is 4.98 Å². The van der Waals surface area contributed by atoms with Gasteiger partial charge in [0.25, 0.3) is 5.91 Å². The summed E-state index contributed by atoms with van der Waals surface area (Å²) in [6.07, 6.45) is 4.69. The standard InChI is InChI=1S/C16H21N3O.C2HF3O2/c1-12-8-9-19-11-14(17-15(19)10-12)16(20)18(2)13-6-4-3-5-7-13;3-2(4,5)1(6)7/h8-11,13H,3-7H2,1-2H3;(H,6,7). The van der Waals surface area contributed by atoms with Crippen LogP contribution in [0.5, 0.6) is 0 Å². The van der Waals surface area contributed by atoms with Gasteiger partial charge in [0.15, 0.2) is 0 Å². The SMILES string of the molecule is Cc1ccn2cc(C(=O)N(C)C3CCCCC3)nc2c1.O=C(O)C(F)(F)F. The van der Waals surface area contributed by atoms with Crippen molar-refractivity contribution in [2.24, 2.45) is 0 Å². The average Bonchev–Trinajstić information content (AvgIpc) is 3.04. The maximum Gasteiger partial charge on any atom is 0.490 e. The molecule has 0 bridgehead atoms. The van der Waals surface area contributed by atoms with E-state index in [4.69, 9.17) is 9.90 Å². The number of rotatable bonds is 2. The van der Waals surface area contributed by atoms with Crippen molar-refractivity contribution in [2.45, 2.75) is 51.2 Å². The predicted molar refractivity (Wildman–Crippen MR) is 92.6 cm³/mol. The molecule has 1 amide bonds. The summed E-state index contributed by atoms with van der Waals surface area (Å²) in [4.78, 5) is 27.8. The number of nitrogens with zero attached hydrogens (tertiary/aromatic N) is 3. The molecule has 1 aliphatic rings. The molecule has 9 heteroatoms. The van der Waals surface area contributed by atoms with Gasteiger partial charge < -0.3 is 14.4 Å². The molecule has 1 N–H and O–H groups in total. The largest absolute Gasteiger partial charge is 0.490 e. The van der Waals surface area contributed by atoms with Gasteiger partial charge in [0.2, 0.25) is 0 Å². The van der Waals surface area contributed by atoms with Crippen LogP contribution in [0.25, 0.3) is 5.65 Å². The van der Waals surface area contributed by atoms with Gasteiger partial charge in [-0.15, -0.1) is 0 Å². The van der Waals surface area contributed by atoms with Gasteiger partial charge in [-0.05, 0) is 37.5 Å². The third-order valence-electron chi connectivity index (χ3n) is 4.52. The van der Waals surface area contributed by atoms with Gasteiger partial charge in [-0.2, -0.15) is 13.2 Å². The summed E-state index contributed by atoms with van der Waals surface area (Å²) in [6, 6.07) is 4.40. The van der Waals surface area contributed by atoms with Gasteiger partial charge in [0.05, 0.1) is 0 Å². The number of hydrogen-bond donors (Lipinski definition) is 1. The number of halogens is 3. The first-order valence-corrected chi connectivity index (χ1v) is 8.62. The van der Waals surface area contributed by atoms with E-state index < -0.39 is 12.1 Å². The van der Waals surface area contributed by atoms with Crippen molar-refractivity contribution in [3.8, 4) is 0 Å². The summed E-state index contributed by atoms with van der Waals surface area (Å²) in [7, 11) is 1.91. The lowest BCUT2D eigenvalue weighted by molar-refractivity contribution is -0.192. The van der Waals surface area contributed by atoms with Crippen molar-refractivity contribution in [3.63, 3.8) is 0 Å². The highest BCUT2D eigenvalue weighted by Gasteiger charge is 2.38. The second-order valence-corrected chi connectivity index (χ2v) is 6.61. The Kier molecular flexibility index (Phi) is 6.45. The highest BCUT2D eigenvalue weighted by molar-refractivity contribution is 5.93. The molecule has 6 nitrogen and oxygen atoms in total. The molecule has 0 radical (unpaired) electrons. The number of aromatic nitrogens is 2. The Morgan fingerprint density at radius 3 is 2.41 bits per heavy atom. The number of aryl methyl sites for hydroxylation is 1. The molecule has 27 heavy (non-hydrogen) atoms. The predicted octanol–water partition coefficient (Wildman–Crippen LogP) is 3.68. The monoisotopic (exact) mass is 385 g/mol. The second kappa shape index (κ2) is 8.41. The number of hydrogen-bond acceptors (Lipinski definition) is 3. The van der Waals surface area contributed by atoms with E-state index in [-0.39, 0.29) is 5.91 Å². The molecule has 2 aromatic rings. The number of carboxylic acids is 1.